The molecule has 1 amide bonds. The van der Waals surface area contributed by atoms with E-state index in [1.165, 1.54) is 12.7 Å². The number of amides is 1. The molecule has 1 atom stereocenters. The number of aryl methyl sites for hydroxylation is 1. The number of likely N-dealkylation sites (tertiary alicyclic amines) is 1. The number of carbonyl (C=O) groups excluding carboxylic acids is 1. The zero-order chi connectivity index (χ0) is 16.3. The van der Waals surface area contributed by atoms with Gasteiger partial charge in [-0.05, 0) is 30.5 Å². The number of methoxy groups -OCH3 is 1. The Morgan fingerprint density at radius 2 is 2.35 bits per heavy atom. The molecule has 0 aliphatic carbocycles. The van der Waals surface area contributed by atoms with Gasteiger partial charge in [-0.15, -0.1) is 0 Å². The summed E-state index contributed by atoms with van der Waals surface area (Å²) in [5, 5.41) is 0. The molecule has 0 N–H and O–H groups in total. The maximum absolute atomic E-state index is 11.8. The van der Waals surface area contributed by atoms with Gasteiger partial charge in [0.2, 0.25) is 5.91 Å². The van der Waals surface area contributed by atoms with Crippen molar-refractivity contribution in [3.05, 3.63) is 29.6 Å². The molecule has 0 radical (unpaired) electrons. The van der Waals surface area contributed by atoms with Gasteiger partial charge in [-0.2, -0.15) is 0 Å². The number of hydrogen-bond donors (Lipinski definition) is 0. The molecule has 6 heteroatoms. The van der Waals surface area contributed by atoms with Crippen molar-refractivity contribution in [1.82, 2.24) is 9.88 Å². The lowest BCUT2D eigenvalue weighted by molar-refractivity contribution is -0.203. The molecule has 3 rings (SSSR count). The van der Waals surface area contributed by atoms with Crippen LogP contribution in [0.5, 0.6) is 0 Å². The quantitative estimate of drug-likeness (QED) is 0.819. The lowest BCUT2D eigenvalue weighted by Gasteiger charge is -2.52. The molecule has 2 saturated heterocycles. The van der Waals surface area contributed by atoms with Crippen molar-refractivity contribution in [2.45, 2.75) is 38.1 Å². The molecule has 0 aromatic carbocycles. The van der Waals surface area contributed by atoms with Gasteiger partial charge >= 0.3 is 0 Å². The molecule has 0 saturated carbocycles. The number of aromatic nitrogens is 1. The first kappa shape index (κ1) is 16.4. The fourth-order valence-electron chi connectivity index (χ4n) is 3.24. The standard InChI is InChI=1S/C17H24N2O4/c1-13-3-5-18-8-14(13)9-22-15-4-6-23-17(7-15)11-19(12-17)16(20)10-21-2/h3,5,8,15H,4,6-7,9-12H2,1-2H3/t15-/m0/s1. The topological polar surface area (TPSA) is 60.9 Å². The molecule has 23 heavy (non-hydrogen) atoms. The Morgan fingerprint density at radius 3 is 3.09 bits per heavy atom. The van der Waals surface area contributed by atoms with E-state index in [1.807, 2.05) is 12.3 Å². The van der Waals surface area contributed by atoms with Crippen LogP contribution in [0.1, 0.15) is 24.0 Å². The zero-order valence-electron chi connectivity index (χ0n) is 13.8. The third-order valence-corrected chi connectivity index (χ3v) is 4.65. The van der Waals surface area contributed by atoms with Crippen LogP contribution in [-0.2, 0) is 25.6 Å². The van der Waals surface area contributed by atoms with Crippen LogP contribution in [0.25, 0.3) is 0 Å². The normalized spacial score (nSPS) is 22.9. The number of nitrogens with zero attached hydrogens (tertiary/aromatic N) is 2. The summed E-state index contributed by atoms with van der Waals surface area (Å²) < 4.78 is 16.9. The molecule has 126 valence electrons. The molecule has 2 aliphatic heterocycles. The fourth-order valence-corrected chi connectivity index (χ4v) is 3.24. The highest BCUT2D eigenvalue weighted by Crippen LogP contribution is 2.35. The Kier molecular flexibility index (Phi) is 4.94. The lowest BCUT2D eigenvalue weighted by Crippen LogP contribution is -2.67. The minimum Gasteiger partial charge on any atom is -0.375 e. The summed E-state index contributed by atoms with van der Waals surface area (Å²) >= 11 is 0. The van der Waals surface area contributed by atoms with Crippen molar-refractivity contribution in [3.8, 4) is 0 Å². The number of carbonyl (C=O) groups is 1. The summed E-state index contributed by atoms with van der Waals surface area (Å²) in [7, 11) is 1.54. The Hall–Kier alpha value is -1.50. The van der Waals surface area contributed by atoms with Crippen molar-refractivity contribution >= 4 is 5.91 Å². The van der Waals surface area contributed by atoms with E-state index in [-0.39, 0.29) is 24.2 Å². The van der Waals surface area contributed by atoms with E-state index in [1.54, 1.807) is 11.1 Å². The highest BCUT2D eigenvalue weighted by molar-refractivity contribution is 5.78. The van der Waals surface area contributed by atoms with Crippen LogP contribution in [-0.4, -0.2) is 60.9 Å². The lowest BCUT2D eigenvalue weighted by atomic mass is 9.84. The summed E-state index contributed by atoms with van der Waals surface area (Å²) in [6.07, 6.45) is 5.56. The number of rotatable bonds is 5. The Bertz CT molecular complexity index is 557. The predicted molar refractivity (Wildman–Crippen MR) is 83.9 cm³/mol. The molecule has 2 fully saturated rings. The van der Waals surface area contributed by atoms with Gasteiger partial charge in [0.1, 0.15) is 12.2 Å². The fraction of sp³-hybridized carbons (Fsp3) is 0.647. The molecule has 3 heterocycles. The second-order valence-electron chi connectivity index (χ2n) is 6.44. The van der Waals surface area contributed by atoms with E-state index < -0.39 is 0 Å². The molecule has 6 nitrogen and oxygen atoms in total. The van der Waals surface area contributed by atoms with Crippen molar-refractivity contribution in [3.63, 3.8) is 0 Å². The predicted octanol–water partition coefficient (Wildman–Crippen LogP) is 1.31. The van der Waals surface area contributed by atoms with Gasteiger partial charge in [0.25, 0.3) is 0 Å². The van der Waals surface area contributed by atoms with Gasteiger partial charge in [0.15, 0.2) is 0 Å². The molecule has 1 aromatic rings. The first-order chi connectivity index (χ1) is 11.1. The highest BCUT2D eigenvalue weighted by Gasteiger charge is 2.49. The Morgan fingerprint density at radius 1 is 1.52 bits per heavy atom. The van der Waals surface area contributed by atoms with Crippen LogP contribution in [0, 0.1) is 6.92 Å². The molecule has 2 aliphatic rings. The minimum atomic E-state index is -0.226. The Balaban J connectivity index is 1.50. The summed E-state index contributed by atoms with van der Waals surface area (Å²) in [5.74, 6) is 0.0238. The van der Waals surface area contributed by atoms with Crippen molar-refractivity contribution < 1.29 is 19.0 Å². The monoisotopic (exact) mass is 320 g/mol. The van der Waals surface area contributed by atoms with E-state index in [9.17, 15) is 4.79 Å². The van der Waals surface area contributed by atoms with Crippen molar-refractivity contribution in [2.24, 2.45) is 0 Å². The molecule has 1 aromatic heterocycles. The van der Waals surface area contributed by atoms with Crippen LogP contribution >= 0.6 is 0 Å². The van der Waals surface area contributed by atoms with Crippen LogP contribution in [0.2, 0.25) is 0 Å². The van der Waals surface area contributed by atoms with E-state index >= 15 is 0 Å². The average Bonchev–Trinajstić information content (AvgIpc) is 2.52. The van der Waals surface area contributed by atoms with Gasteiger partial charge < -0.3 is 19.1 Å². The Labute approximate surface area is 136 Å². The number of pyridine rings is 1. The average molecular weight is 320 g/mol. The number of ether oxygens (including phenoxy) is 3. The maximum atomic E-state index is 11.8. The highest BCUT2D eigenvalue weighted by atomic mass is 16.5. The summed E-state index contributed by atoms with van der Waals surface area (Å²) in [5.41, 5.74) is 2.09. The van der Waals surface area contributed by atoms with Crippen LogP contribution < -0.4 is 0 Å². The first-order valence-corrected chi connectivity index (χ1v) is 8.04. The second kappa shape index (κ2) is 6.95. The van der Waals surface area contributed by atoms with E-state index in [4.69, 9.17) is 14.2 Å². The molecule has 0 bridgehead atoms. The van der Waals surface area contributed by atoms with E-state index in [2.05, 4.69) is 11.9 Å². The van der Waals surface area contributed by atoms with Gasteiger partial charge in [-0.25, -0.2) is 0 Å². The SMILES string of the molecule is COCC(=O)N1CC2(C[C@@H](OCc3cnccc3C)CCO2)C1. The largest absolute Gasteiger partial charge is 0.375 e. The molecular formula is C17H24N2O4. The molecular weight excluding hydrogens is 296 g/mol. The first-order valence-electron chi connectivity index (χ1n) is 8.04. The second-order valence-corrected chi connectivity index (χ2v) is 6.44. The summed E-state index contributed by atoms with van der Waals surface area (Å²) in [6.45, 7) is 4.74. The van der Waals surface area contributed by atoms with Crippen LogP contribution in [0.4, 0.5) is 0 Å². The maximum Gasteiger partial charge on any atom is 0.248 e. The van der Waals surface area contributed by atoms with Gasteiger partial charge in [0.05, 0.1) is 25.8 Å². The third-order valence-electron chi connectivity index (χ3n) is 4.65. The van der Waals surface area contributed by atoms with Crippen molar-refractivity contribution in [2.75, 3.05) is 33.4 Å². The van der Waals surface area contributed by atoms with Crippen molar-refractivity contribution in [1.29, 1.82) is 0 Å². The summed E-state index contributed by atoms with van der Waals surface area (Å²) in [4.78, 5) is 17.7. The van der Waals surface area contributed by atoms with Gasteiger partial charge in [-0.3, -0.25) is 9.78 Å². The third kappa shape index (κ3) is 3.71. The van der Waals surface area contributed by atoms with E-state index in [0.717, 1.165) is 18.4 Å². The smallest absolute Gasteiger partial charge is 0.248 e. The van der Waals surface area contributed by atoms with Crippen LogP contribution in [0.15, 0.2) is 18.5 Å². The van der Waals surface area contributed by atoms with Gasteiger partial charge in [0, 0.05) is 32.5 Å². The minimum absolute atomic E-state index is 0.0238. The molecule has 0 unspecified atom stereocenters. The van der Waals surface area contributed by atoms with E-state index in [0.29, 0.717) is 26.3 Å². The summed E-state index contributed by atoms with van der Waals surface area (Å²) in [6, 6.07) is 2.00. The zero-order valence-corrected chi connectivity index (χ0v) is 13.8. The molecule has 1 spiro atoms. The van der Waals surface area contributed by atoms with Crippen LogP contribution in [0.3, 0.4) is 0 Å². The number of hydrogen-bond acceptors (Lipinski definition) is 5. The van der Waals surface area contributed by atoms with Gasteiger partial charge in [-0.1, -0.05) is 0 Å².